The Morgan fingerprint density at radius 1 is 0.767 bits per heavy atom. The van der Waals surface area contributed by atoms with Crippen LogP contribution in [0.15, 0.2) is 0 Å². The maximum atomic E-state index is 11.2. The number of rotatable bonds is 14. The minimum atomic E-state index is -1.20. The van der Waals surface area contributed by atoms with Gasteiger partial charge in [0.25, 0.3) is 0 Å². The van der Waals surface area contributed by atoms with E-state index >= 15 is 0 Å². The summed E-state index contributed by atoms with van der Waals surface area (Å²) in [7, 11) is 2.41. The molecule has 11 N–H and O–H groups in total. The zero-order chi connectivity index (χ0) is 23.9. The van der Waals surface area contributed by atoms with Crippen molar-refractivity contribution in [1.29, 1.82) is 0 Å². The predicted octanol–water partition coefficient (Wildman–Crippen LogP) is -2.13. The van der Waals surface area contributed by atoms with E-state index in [0.29, 0.717) is 0 Å². The molecule has 0 rings (SSSR count). The van der Waals surface area contributed by atoms with Crippen LogP contribution in [0.1, 0.15) is 12.8 Å². The van der Waals surface area contributed by atoms with Gasteiger partial charge in [-0.15, -0.1) is 0 Å². The number of hydrogen-bond donors (Lipinski definition) is 9. The number of thiol groups is 1. The summed E-state index contributed by atoms with van der Waals surface area (Å²) < 4.78 is 0. The van der Waals surface area contributed by atoms with Crippen LogP contribution in [-0.4, -0.2) is 91.6 Å². The Bertz CT molecular complexity index is 575. The lowest BCUT2D eigenvalue weighted by Crippen LogP contribution is -2.42. The lowest BCUT2D eigenvalue weighted by molar-refractivity contribution is -0.141. The van der Waals surface area contributed by atoms with Crippen molar-refractivity contribution in [3.63, 3.8) is 0 Å². The Morgan fingerprint density at radius 2 is 1.17 bits per heavy atom. The van der Waals surface area contributed by atoms with Crippen molar-refractivity contribution < 1.29 is 44.4 Å². The van der Waals surface area contributed by atoms with Crippen molar-refractivity contribution in [2.45, 2.75) is 37.0 Å². The highest BCUT2D eigenvalue weighted by molar-refractivity contribution is 8.76. The fourth-order valence-corrected chi connectivity index (χ4v) is 3.72. The molecule has 0 aromatic rings. The molecule has 0 bridgehead atoms. The van der Waals surface area contributed by atoms with Gasteiger partial charge in [-0.3, -0.25) is 19.2 Å². The number of carbonyl (C=O) groups is 5. The molecule has 4 unspecified atom stereocenters. The first kappa shape index (κ1) is 30.5. The van der Waals surface area contributed by atoms with E-state index in [4.69, 9.17) is 37.6 Å². The fraction of sp³-hybridized carbons (Fsp3) is 0.643. The fourth-order valence-electron chi connectivity index (χ4n) is 1.25. The molecular formula is C14H26N4O9S3. The molecule has 0 saturated heterocycles. The monoisotopic (exact) mass is 490 g/mol. The molecule has 0 aromatic heterocycles. The van der Waals surface area contributed by atoms with E-state index in [1.54, 1.807) is 0 Å². The number of nitrogens with two attached hydrogens (primary N) is 3. The Hall–Kier alpha value is -1.72. The van der Waals surface area contributed by atoms with E-state index in [-0.39, 0.29) is 30.1 Å². The maximum absolute atomic E-state index is 11.2. The van der Waals surface area contributed by atoms with E-state index in [9.17, 15) is 24.0 Å². The van der Waals surface area contributed by atoms with Crippen LogP contribution < -0.4 is 22.5 Å². The van der Waals surface area contributed by atoms with Crippen LogP contribution in [-0.2, 0) is 24.0 Å². The van der Waals surface area contributed by atoms with E-state index in [0.717, 1.165) is 0 Å². The van der Waals surface area contributed by atoms with Crippen molar-refractivity contribution in [2.75, 3.05) is 17.3 Å². The van der Waals surface area contributed by atoms with Crippen LogP contribution in [0.25, 0.3) is 0 Å². The molecule has 0 radical (unpaired) electrons. The van der Waals surface area contributed by atoms with Crippen molar-refractivity contribution in [2.24, 2.45) is 17.2 Å². The molecule has 174 valence electrons. The largest absolute Gasteiger partial charge is 0.480 e. The van der Waals surface area contributed by atoms with Crippen molar-refractivity contribution in [3.05, 3.63) is 0 Å². The highest BCUT2D eigenvalue weighted by Gasteiger charge is 2.19. The van der Waals surface area contributed by atoms with Gasteiger partial charge in [-0.05, 0) is 6.42 Å². The van der Waals surface area contributed by atoms with Gasteiger partial charge in [0, 0.05) is 23.7 Å². The molecule has 0 aromatic carbocycles. The molecule has 0 fully saturated rings. The zero-order valence-corrected chi connectivity index (χ0v) is 18.2. The third-order valence-electron chi connectivity index (χ3n) is 3.03. The van der Waals surface area contributed by atoms with Crippen molar-refractivity contribution in [1.82, 2.24) is 5.32 Å². The Balaban J connectivity index is 0. The Labute approximate surface area is 185 Å². The summed E-state index contributed by atoms with van der Waals surface area (Å²) in [4.78, 5) is 52.6. The topological polar surface area (TPSA) is 256 Å². The number of carbonyl (C=O) groups excluding carboxylic acids is 1. The van der Waals surface area contributed by atoms with E-state index in [2.05, 4.69) is 17.9 Å². The predicted molar refractivity (Wildman–Crippen MR) is 114 cm³/mol. The van der Waals surface area contributed by atoms with E-state index < -0.39 is 54.0 Å². The molecule has 30 heavy (non-hydrogen) atoms. The molecular weight excluding hydrogens is 464 g/mol. The lowest BCUT2D eigenvalue weighted by atomic mass is 10.1. The van der Waals surface area contributed by atoms with Crippen LogP contribution in [0.3, 0.4) is 0 Å². The van der Waals surface area contributed by atoms with Gasteiger partial charge in [0.05, 0.1) is 0 Å². The van der Waals surface area contributed by atoms with E-state index in [1.165, 1.54) is 21.6 Å². The van der Waals surface area contributed by atoms with Crippen LogP contribution in [0.4, 0.5) is 0 Å². The number of carboxylic acid groups (broad SMARTS) is 4. The van der Waals surface area contributed by atoms with Crippen molar-refractivity contribution in [3.8, 4) is 0 Å². The van der Waals surface area contributed by atoms with Gasteiger partial charge in [0.1, 0.15) is 24.2 Å². The minimum absolute atomic E-state index is 0.0357. The average Bonchev–Trinajstić information content (AvgIpc) is 2.66. The summed E-state index contributed by atoms with van der Waals surface area (Å²) >= 11 is 3.76. The molecule has 0 aliphatic carbocycles. The van der Waals surface area contributed by atoms with Gasteiger partial charge in [-0.2, -0.15) is 12.6 Å². The van der Waals surface area contributed by atoms with Crippen molar-refractivity contribution >= 4 is 64.0 Å². The SMILES string of the molecule is NC(CCC(=O)NC(CS)C(=O)O)C(=O)O.NC(CSSCC(N)C(=O)O)C(=O)O. The maximum Gasteiger partial charge on any atom is 0.327 e. The normalized spacial score (nSPS) is 14.3. The zero-order valence-electron chi connectivity index (χ0n) is 15.7. The Morgan fingerprint density at radius 3 is 1.47 bits per heavy atom. The highest BCUT2D eigenvalue weighted by Crippen LogP contribution is 2.22. The molecule has 16 heteroatoms. The minimum Gasteiger partial charge on any atom is -0.480 e. The molecule has 1 amide bonds. The molecule has 0 aliphatic heterocycles. The number of hydrogen-bond acceptors (Lipinski definition) is 11. The van der Waals surface area contributed by atoms with Gasteiger partial charge >= 0.3 is 23.9 Å². The standard InChI is InChI=1S/C8H14N2O5S.C6H12N2O4S2/c9-4(7(12)13)1-2-6(11)10-5(3-16)8(14)15;7-3(5(9)10)1-13-14-2-4(8)6(11)12/h4-5,16H,1-3,9H2,(H,10,11)(H,12,13)(H,14,15);3-4H,1-2,7-8H2,(H,9,10)(H,11,12). The first-order valence-corrected chi connectivity index (χ1v) is 11.3. The van der Waals surface area contributed by atoms with Crippen LogP contribution in [0.2, 0.25) is 0 Å². The summed E-state index contributed by atoms with van der Waals surface area (Å²) in [6.45, 7) is 0. The summed E-state index contributed by atoms with van der Waals surface area (Å²) in [6.07, 6.45) is -0.175. The molecule has 0 saturated carbocycles. The molecule has 0 heterocycles. The van der Waals surface area contributed by atoms with Gasteiger partial charge in [0.15, 0.2) is 0 Å². The summed E-state index contributed by atoms with van der Waals surface area (Å²) in [5.41, 5.74) is 15.6. The Kier molecular flexibility index (Phi) is 17.3. The van der Waals surface area contributed by atoms with E-state index in [1.807, 2.05) is 0 Å². The summed E-state index contributed by atoms with van der Waals surface area (Å²) in [6, 6.07) is -4.04. The second kappa shape index (κ2) is 17.0. The second-order valence-electron chi connectivity index (χ2n) is 5.58. The first-order valence-electron chi connectivity index (χ1n) is 8.16. The summed E-state index contributed by atoms with van der Waals surface area (Å²) in [5.74, 6) is -4.66. The lowest BCUT2D eigenvalue weighted by Gasteiger charge is -2.12. The van der Waals surface area contributed by atoms with Gasteiger partial charge in [-0.25, -0.2) is 4.79 Å². The smallest absolute Gasteiger partial charge is 0.327 e. The second-order valence-corrected chi connectivity index (χ2v) is 8.50. The summed E-state index contributed by atoms with van der Waals surface area (Å²) in [5, 5.41) is 36.1. The molecule has 4 atom stereocenters. The van der Waals surface area contributed by atoms with Crippen LogP contribution >= 0.6 is 34.2 Å². The van der Waals surface area contributed by atoms with Crippen LogP contribution in [0.5, 0.6) is 0 Å². The first-order chi connectivity index (χ1) is 13.8. The number of amides is 1. The highest BCUT2D eigenvalue weighted by atomic mass is 33.1. The number of aliphatic carboxylic acids is 4. The quantitative estimate of drug-likeness (QED) is 0.0716. The number of carboxylic acids is 4. The van der Waals surface area contributed by atoms with Crippen LogP contribution in [0, 0.1) is 0 Å². The van der Waals surface area contributed by atoms with Gasteiger partial charge < -0.3 is 42.9 Å². The third kappa shape index (κ3) is 16.1. The number of nitrogens with one attached hydrogen (secondary N) is 1. The molecule has 0 spiro atoms. The van der Waals surface area contributed by atoms with Gasteiger partial charge in [0.2, 0.25) is 5.91 Å². The molecule has 0 aliphatic rings. The van der Waals surface area contributed by atoms with Gasteiger partial charge in [-0.1, -0.05) is 21.6 Å². The molecule has 13 nitrogen and oxygen atoms in total. The average molecular weight is 491 g/mol. The third-order valence-corrected chi connectivity index (χ3v) is 5.87.